The molecule has 0 spiro atoms. The van der Waals surface area contributed by atoms with Crippen molar-refractivity contribution in [2.75, 3.05) is 13.7 Å². The van der Waals surface area contributed by atoms with E-state index in [1.807, 2.05) is 31.2 Å². The second-order valence-electron chi connectivity index (χ2n) is 3.86. The van der Waals surface area contributed by atoms with Crippen LogP contribution in [0.2, 0.25) is 0 Å². The Hall–Kier alpha value is -1.35. The molecule has 0 aliphatic heterocycles. The molecule has 3 nitrogen and oxygen atoms in total. The average Bonchev–Trinajstić information content (AvgIpc) is 2.31. The van der Waals surface area contributed by atoms with Gasteiger partial charge in [-0.2, -0.15) is 0 Å². The summed E-state index contributed by atoms with van der Waals surface area (Å²) in [7, 11) is 1.70. The van der Waals surface area contributed by atoms with E-state index in [1.165, 1.54) is 5.56 Å². The van der Waals surface area contributed by atoms with E-state index in [2.05, 4.69) is 5.16 Å². The van der Waals surface area contributed by atoms with Crippen LogP contribution in [-0.4, -0.2) is 24.6 Å². The number of hydrogen-bond donors (Lipinski definition) is 1. The predicted octanol–water partition coefficient (Wildman–Crippen LogP) is 2.99. The normalized spacial score (nSPS) is 11.8. The van der Waals surface area contributed by atoms with Crippen molar-refractivity contribution in [3.8, 4) is 0 Å². The van der Waals surface area contributed by atoms with Gasteiger partial charge in [-0.3, -0.25) is 0 Å². The number of nitrogens with zero attached hydrogens (tertiary/aromatic N) is 1. The third-order valence-electron chi connectivity index (χ3n) is 2.52. The Balaban J connectivity index is 2.51. The lowest BCUT2D eigenvalue weighted by Gasteiger charge is -2.05. The summed E-state index contributed by atoms with van der Waals surface area (Å²) in [6.07, 6.45) is 2.74. The van der Waals surface area contributed by atoms with E-state index >= 15 is 0 Å². The zero-order valence-corrected chi connectivity index (χ0v) is 9.94. The van der Waals surface area contributed by atoms with E-state index in [1.54, 1.807) is 7.11 Å². The molecule has 88 valence electrons. The number of hydrogen-bond acceptors (Lipinski definition) is 3. The number of methoxy groups -OCH3 is 1. The van der Waals surface area contributed by atoms with Crippen LogP contribution in [0.1, 0.15) is 30.4 Å². The lowest BCUT2D eigenvalue weighted by Crippen LogP contribution is -2.02. The summed E-state index contributed by atoms with van der Waals surface area (Å²) in [5, 5.41) is 12.3. The molecule has 0 unspecified atom stereocenters. The van der Waals surface area contributed by atoms with E-state index in [4.69, 9.17) is 9.94 Å². The summed E-state index contributed by atoms with van der Waals surface area (Å²) >= 11 is 0. The number of unbranched alkanes of at least 4 members (excludes halogenated alkanes) is 1. The molecule has 16 heavy (non-hydrogen) atoms. The fraction of sp³-hybridized carbons (Fsp3) is 0.462. The predicted molar refractivity (Wildman–Crippen MR) is 65.2 cm³/mol. The number of aryl methyl sites for hydroxylation is 1. The lowest BCUT2D eigenvalue weighted by atomic mass is 10.0. The van der Waals surface area contributed by atoms with Gasteiger partial charge >= 0.3 is 0 Å². The lowest BCUT2D eigenvalue weighted by molar-refractivity contribution is 0.193. The largest absolute Gasteiger partial charge is 0.411 e. The fourth-order valence-corrected chi connectivity index (χ4v) is 1.54. The molecule has 0 amide bonds. The van der Waals surface area contributed by atoms with Gasteiger partial charge in [-0.1, -0.05) is 35.0 Å². The van der Waals surface area contributed by atoms with Crippen LogP contribution in [0.15, 0.2) is 29.4 Å². The molecule has 0 radical (unpaired) electrons. The van der Waals surface area contributed by atoms with Crippen LogP contribution in [0, 0.1) is 6.92 Å². The van der Waals surface area contributed by atoms with Gasteiger partial charge in [-0.15, -0.1) is 0 Å². The molecule has 0 fully saturated rings. The Kier molecular flexibility index (Phi) is 5.57. The van der Waals surface area contributed by atoms with Gasteiger partial charge in [-0.25, -0.2) is 0 Å². The van der Waals surface area contributed by atoms with Crippen LogP contribution in [0.5, 0.6) is 0 Å². The van der Waals surface area contributed by atoms with Crippen molar-refractivity contribution in [2.45, 2.75) is 26.2 Å². The van der Waals surface area contributed by atoms with Gasteiger partial charge in [0.25, 0.3) is 0 Å². The van der Waals surface area contributed by atoms with Gasteiger partial charge in [0.2, 0.25) is 0 Å². The Labute approximate surface area is 96.7 Å². The standard InChI is InChI=1S/C13H19NO2/c1-11-6-8-12(9-7-11)13(14-15)5-3-4-10-16-2/h6-9,15H,3-5,10H2,1-2H3/b14-13-. The van der Waals surface area contributed by atoms with Crippen molar-refractivity contribution in [3.05, 3.63) is 35.4 Å². The molecule has 0 bridgehead atoms. The molecular formula is C13H19NO2. The van der Waals surface area contributed by atoms with E-state index in [0.717, 1.165) is 37.1 Å². The van der Waals surface area contributed by atoms with Gasteiger partial charge in [0, 0.05) is 13.7 Å². The molecule has 1 rings (SSSR count). The summed E-state index contributed by atoms with van der Waals surface area (Å²) < 4.78 is 4.98. The molecule has 0 aliphatic rings. The highest BCUT2D eigenvalue weighted by atomic mass is 16.5. The first-order valence-corrected chi connectivity index (χ1v) is 5.55. The zero-order chi connectivity index (χ0) is 11.8. The molecule has 3 heteroatoms. The van der Waals surface area contributed by atoms with Crippen molar-refractivity contribution >= 4 is 5.71 Å². The zero-order valence-electron chi connectivity index (χ0n) is 9.94. The van der Waals surface area contributed by atoms with Crippen molar-refractivity contribution in [1.82, 2.24) is 0 Å². The highest BCUT2D eigenvalue weighted by Crippen LogP contribution is 2.09. The Morgan fingerprint density at radius 3 is 2.50 bits per heavy atom. The van der Waals surface area contributed by atoms with Crippen LogP contribution in [0.25, 0.3) is 0 Å². The van der Waals surface area contributed by atoms with Crippen LogP contribution in [-0.2, 0) is 4.74 Å². The Morgan fingerprint density at radius 1 is 1.25 bits per heavy atom. The van der Waals surface area contributed by atoms with Crippen molar-refractivity contribution in [2.24, 2.45) is 5.16 Å². The summed E-state index contributed by atoms with van der Waals surface area (Å²) in [5.74, 6) is 0. The van der Waals surface area contributed by atoms with Crippen LogP contribution >= 0.6 is 0 Å². The van der Waals surface area contributed by atoms with E-state index in [9.17, 15) is 0 Å². The fourth-order valence-electron chi connectivity index (χ4n) is 1.54. The summed E-state index contributed by atoms with van der Waals surface area (Å²) in [4.78, 5) is 0. The number of oxime groups is 1. The molecular weight excluding hydrogens is 202 g/mol. The maximum atomic E-state index is 8.96. The van der Waals surface area contributed by atoms with Crippen molar-refractivity contribution < 1.29 is 9.94 Å². The minimum Gasteiger partial charge on any atom is -0.411 e. The van der Waals surface area contributed by atoms with Gasteiger partial charge < -0.3 is 9.94 Å². The first-order valence-electron chi connectivity index (χ1n) is 5.55. The first kappa shape index (κ1) is 12.7. The highest BCUT2D eigenvalue weighted by Gasteiger charge is 2.03. The molecule has 1 aromatic carbocycles. The average molecular weight is 221 g/mol. The SMILES string of the molecule is COCCCC/C(=N/O)c1ccc(C)cc1. The highest BCUT2D eigenvalue weighted by molar-refractivity contribution is 6.00. The van der Waals surface area contributed by atoms with Crippen LogP contribution in [0.4, 0.5) is 0 Å². The molecule has 0 aromatic heterocycles. The van der Waals surface area contributed by atoms with Gasteiger partial charge in [0.15, 0.2) is 0 Å². The van der Waals surface area contributed by atoms with E-state index in [-0.39, 0.29) is 0 Å². The molecule has 1 N–H and O–H groups in total. The third kappa shape index (κ3) is 4.03. The summed E-state index contributed by atoms with van der Waals surface area (Å²) in [6.45, 7) is 2.80. The molecule has 0 heterocycles. The summed E-state index contributed by atoms with van der Waals surface area (Å²) in [6, 6.07) is 8.02. The smallest absolute Gasteiger partial charge is 0.0867 e. The third-order valence-corrected chi connectivity index (χ3v) is 2.52. The van der Waals surface area contributed by atoms with Crippen LogP contribution in [0.3, 0.4) is 0 Å². The Bertz CT molecular complexity index is 330. The number of ether oxygens (including phenoxy) is 1. The quantitative estimate of drug-likeness (QED) is 0.347. The van der Waals surface area contributed by atoms with Gasteiger partial charge in [-0.05, 0) is 31.7 Å². The molecule has 0 aliphatic carbocycles. The van der Waals surface area contributed by atoms with Crippen molar-refractivity contribution in [1.29, 1.82) is 0 Å². The minimum atomic E-state index is 0.746. The molecule has 1 aromatic rings. The van der Waals surface area contributed by atoms with E-state index in [0.29, 0.717) is 0 Å². The van der Waals surface area contributed by atoms with E-state index < -0.39 is 0 Å². The first-order chi connectivity index (χ1) is 7.77. The second kappa shape index (κ2) is 7.01. The molecule has 0 saturated heterocycles. The molecule has 0 atom stereocenters. The number of rotatable bonds is 6. The van der Waals surface area contributed by atoms with Crippen LogP contribution < -0.4 is 0 Å². The van der Waals surface area contributed by atoms with Gasteiger partial charge in [0.1, 0.15) is 0 Å². The summed E-state index contributed by atoms with van der Waals surface area (Å²) in [5.41, 5.74) is 2.95. The number of benzene rings is 1. The minimum absolute atomic E-state index is 0.746. The maximum Gasteiger partial charge on any atom is 0.0867 e. The second-order valence-corrected chi connectivity index (χ2v) is 3.86. The molecule has 0 saturated carbocycles. The maximum absolute atomic E-state index is 8.96. The monoisotopic (exact) mass is 221 g/mol. The van der Waals surface area contributed by atoms with Crippen molar-refractivity contribution in [3.63, 3.8) is 0 Å². The van der Waals surface area contributed by atoms with Gasteiger partial charge in [0.05, 0.1) is 5.71 Å². The topological polar surface area (TPSA) is 41.8 Å². The Morgan fingerprint density at radius 2 is 1.94 bits per heavy atom.